The summed E-state index contributed by atoms with van der Waals surface area (Å²) in [6, 6.07) is 40.8. The van der Waals surface area contributed by atoms with Crippen molar-refractivity contribution in [3.05, 3.63) is 154 Å². The lowest BCUT2D eigenvalue weighted by Crippen LogP contribution is -2.39. The Morgan fingerprint density at radius 2 is 1.50 bits per heavy atom. The molecule has 5 aromatic carbocycles. The zero-order valence-corrected chi connectivity index (χ0v) is 31.5. The molecule has 6 aromatic rings. The predicted molar refractivity (Wildman–Crippen MR) is 223 cm³/mol. The molecular weight excluding hydrogens is 703 g/mol. The van der Waals surface area contributed by atoms with Gasteiger partial charge in [0.1, 0.15) is 17.6 Å². The number of piperidine rings is 1. The standard InChI is InChI=1S/C46H49N5O5/c47-41-22-20-39(40-21-23-44(53)50-45(40)41)43(52)31-48-27-24-33-14-18-36(19-15-33)55-35-16-12-32(13-17-35)7-6-28-51-29-25-37(26-30-51)56-46(54)49-42-11-5-4-10-38(42)34-8-2-1-3-9-34/h1-5,8-23,37,43,48,52H,6-7,24-31,47H2,(H,49,54)(H,50,53)/t43-/m0/s1. The SMILES string of the molecule is Nc1ccc([C@@H](O)CNCCc2ccc(Oc3ccc(CCCN4CCC(OC(=O)Nc5ccccc5-c5ccccc5)CC4)cc3)cc2)c2ccc(=O)[nH]c12. The maximum atomic E-state index is 12.8. The molecule has 1 amide bonds. The summed E-state index contributed by atoms with van der Waals surface area (Å²) in [5, 5.41) is 17.9. The van der Waals surface area contributed by atoms with Crippen molar-refractivity contribution in [2.75, 3.05) is 43.8 Å². The molecule has 1 aliphatic rings. The first kappa shape index (κ1) is 38.3. The maximum Gasteiger partial charge on any atom is 0.411 e. The van der Waals surface area contributed by atoms with Gasteiger partial charge in [-0.25, -0.2) is 4.79 Å². The van der Waals surface area contributed by atoms with Crippen LogP contribution in [0.15, 0.2) is 132 Å². The lowest BCUT2D eigenvalue weighted by atomic mass is 10.0. The second kappa shape index (κ2) is 18.6. The first-order valence-electron chi connectivity index (χ1n) is 19.4. The maximum absolute atomic E-state index is 12.8. The summed E-state index contributed by atoms with van der Waals surface area (Å²) in [6.45, 7) is 3.90. The van der Waals surface area contributed by atoms with Crippen LogP contribution in [0.4, 0.5) is 16.2 Å². The van der Waals surface area contributed by atoms with Gasteiger partial charge in [-0.15, -0.1) is 0 Å². The number of hydrogen-bond acceptors (Lipinski definition) is 8. The van der Waals surface area contributed by atoms with E-state index in [2.05, 4.69) is 44.8 Å². The quantitative estimate of drug-likeness (QED) is 0.0524. The number of amides is 1. The molecule has 1 saturated heterocycles. The molecule has 0 aliphatic carbocycles. The third kappa shape index (κ3) is 10.2. The fraction of sp³-hybridized carbons (Fsp3) is 0.261. The Balaban J connectivity index is 0.777. The highest BCUT2D eigenvalue weighted by molar-refractivity contribution is 5.92. The van der Waals surface area contributed by atoms with Crippen LogP contribution in [0.5, 0.6) is 11.5 Å². The van der Waals surface area contributed by atoms with Crippen LogP contribution in [0.25, 0.3) is 22.0 Å². The zero-order valence-electron chi connectivity index (χ0n) is 31.5. The smallest absolute Gasteiger partial charge is 0.411 e. The van der Waals surface area contributed by atoms with Crippen LogP contribution in [0.1, 0.15) is 42.1 Å². The second-order valence-electron chi connectivity index (χ2n) is 14.3. The first-order valence-corrected chi connectivity index (χ1v) is 19.4. The van der Waals surface area contributed by atoms with Crippen molar-refractivity contribution in [2.24, 2.45) is 0 Å². The second-order valence-corrected chi connectivity index (χ2v) is 14.3. The van der Waals surface area contributed by atoms with Crippen LogP contribution in [-0.2, 0) is 17.6 Å². The third-order valence-electron chi connectivity index (χ3n) is 10.3. The summed E-state index contributed by atoms with van der Waals surface area (Å²) in [4.78, 5) is 29.7. The molecule has 7 rings (SSSR count). The predicted octanol–water partition coefficient (Wildman–Crippen LogP) is 8.08. The molecule has 6 N–H and O–H groups in total. The van der Waals surface area contributed by atoms with Gasteiger partial charge in [0.25, 0.3) is 0 Å². The van der Waals surface area contributed by atoms with Gasteiger partial charge >= 0.3 is 6.09 Å². The minimum absolute atomic E-state index is 0.0830. The van der Waals surface area contributed by atoms with E-state index in [1.165, 1.54) is 11.6 Å². The van der Waals surface area contributed by atoms with Crippen molar-refractivity contribution < 1.29 is 19.4 Å². The first-order chi connectivity index (χ1) is 27.4. The number of H-pyrrole nitrogens is 1. The number of benzene rings is 5. The largest absolute Gasteiger partial charge is 0.457 e. The van der Waals surface area contributed by atoms with Crippen molar-refractivity contribution in [3.63, 3.8) is 0 Å². The van der Waals surface area contributed by atoms with E-state index in [1.807, 2.05) is 78.9 Å². The number of aliphatic hydroxyl groups excluding tert-OH is 1. The van der Waals surface area contributed by atoms with Crippen LogP contribution < -0.4 is 26.7 Å². The number of pyridine rings is 1. The van der Waals surface area contributed by atoms with Crippen LogP contribution in [0.2, 0.25) is 0 Å². The number of anilines is 2. The van der Waals surface area contributed by atoms with Crippen molar-refractivity contribution in [2.45, 2.75) is 44.3 Å². The fourth-order valence-electron chi connectivity index (χ4n) is 7.26. The highest BCUT2D eigenvalue weighted by Gasteiger charge is 2.22. The van der Waals surface area contributed by atoms with E-state index in [4.69, 9.17) is 15.2 Å². The molecule has 288 valence electrons. The van der Waals surface area contributed by atoms with Gasteiger partial charge in [-0.05, 0) is 110 Å². The number of hydrogen-bond donors (Lipinski definition) is 5. The minimum Gasteiger partial charge on any atom is -0.457 e. The summed E-state index contributed by atoms with van der Waals surface area (Å²) in [5.41, 5.74) is 12.7. The Hall–Kier alpha value is -5.94. The number of nitrogens with one attached hydrogen (secondary N) is 3. The van der Waals surface area contributed by atoms with Crippen LogP contribution >= 0.6 is 0 Å². The van der Waals surface area contributed by atoms with E-state index in [0.717, 1.165) is 96.6 Å². The Morgan fingerprint density at radius 1 is 0.821 bits per heavy atom. The highest BCUT2D eigenvalue weighted by atomic mass is 16.6. The number of aromatic amines is 1. The number of rotatable bonds is 15. The van der Waals surface area contributed by atoms with Crippen LogP contribution in [0, 0.1) is 0 Å². The summed E-state index contributed by atoms with van der Waals surface area (Å²) in [6.07, 6.45) is 3.27. The van der Waals surface area contributed by atoms with Crippen LogP contribution in [0.3, 0.4) is 0 Å². The van der Waals surface area contributed by atoms with Crippen LogP contribution in [-0.4, -0.2) is 59.9 Å². The molecule has 0 unspecified atom stereocenters. The van der Waals surface area contributed by atoms with E-state index in [9.17, 15) is 14.7 Å². The van der Waals surface area contributed by atoms with E-state index in [0.29, 0.717) is 24.3 Å². The van der Waals surface area contributed by atoms with E-state index in [1.54, 1.807) is 18.2 Å². The lowest BCUT2D eigenvalue weighted by molar-refractivity contribution is 0.0587. The third-order valence-corrected chi connectivity index (χ3v) is 10.3. The molecule has 10 nitrogen and oxygen atoms in total. The van der Waals surface area contributed by atoms with Gasteiger partial charge in [0.05, 0.1) is 23.0 Å². The summed E-state index contributed by atoms with van der Waals surface area (Å²) < 4.78 is 11.9. The minimum atomic E-state index is -0.743. The Morgan fingerprint density at radius 3 is 2.23 bits per heavy atom. The van der Waals surface area contributed by atoms with Gasteiger partial charge in [0.2, 0.25) is 5.56 Å². The number of carbonyl (C=O) groups excluding carboxylic acids is 1. The van der Waals surface area contributed by atoms with Gasteiger partial charge in [-0.1, -0.05) is 78.9 Å². The fourth-order valence-corrected chi connectivity index (χ4v) is 7.26. The molecule has 0 radical (unpaired) electrons. The number of carbonyl (C=O) groups is 1. The number of nitrogens with two attached hydrogens (primary N) is 1. The Bertz CT molecular complexity index is 2250. The highest BCUT2D eigenvalue weighted by Crippen LogP contribution is 2.29. The number of ether oxygens (including phenoxy) is 2. The number of aryl methyl sites for hydroxylation is 1. The molecule has 1 fully saturated rings. The molecule has 2 heterocycles. The molecule has 56 heavy (non-hydrogen) atoms. The normalized spacial score (nSPS) is 14.0. The number of para-hydroxylation sites is 1. The van der Waals surface area contributed by atoms with Crippen molar-refractivity contribution in [1.82, 2.24) is 15.2 Å². The van der Waals surface area contributed by atoms with Crippen molar-refractivity contribution in [1.29, 1.82) is 0 Å². The van der Waals surface area contributed by atoms with Gasteiger partial charge < -0.3 is 35.5 Å². The Labute approximate surface area is 327 Å². The molecule has 1 atom stereocenters. The van der Waals surface area contributed by atoms with Gasteiger partial charge in [-0.2, -0.15) is 0 Å². The molecular formula is C46H49N5O5. The molecule has 10 heteroatoms. The number of nitrogens with zero attached hydrogens (tertiary/aromatic N) is 1. The number of aliphatic hydroxyl groups is 1. The average Bonchev–Trinajstić information content (AvgIpc) is 3.22. The van der Waals surface area contributed by atoms with E-state index in [-0.39, 0.29) is 11.7 Å². The Kier molecular flexibility index (Phi) is 12.7. The number of aromatic nitrogens is 1. The summed E-state index contributed by atoms with van der Waals surface area (Å²) >= 11 is 0. The molecule has 0 spiro atoms. The lowest BCUT2D eigenvalue weighted by Gasteiger charge is -2.31. The number of likely N-dealkylation sites (tertiary alicyclic amines) is 1. The van der Waals surface area contributed by atoms with Gasteiger partial charge in [-0.3, -0.25) is 10.1 Å². The topological polar surface area (TPSA) is 142 Å². The molecule has 0 bridgehead atoms. The molecule has 1 aromatic heterocycles. The number of nitrogen functional groups attached to an aromatic ring is 1. The summed E-state index contributed by atoms with van der Waals surface area (Å²) in [5.74, 6) is 1.58. The average molecular weight is 752 g/mol. The van der Waals surface area contributed by atoms with Crippen molar-refractivity contribution in [3.8, 4) is 22.6 Å². The van der Waals surface area contributed by atoms with E-state index >= 15 is 0 Å². The van der Waals surface area contributed by atoms with Crippen molar-refractivity contribution >= 4 is 28.4 Å². The zero-order chi connectivity index (χ0) is 38.7. The summed E-state index contributed by atoms with van der Waals surface area (Å²) in [7, 11) is 0. The number of fused-ring (bicyclic) bond motifs is 1. The van der Waals surface area contributed by atoms with E-state index < -0.39 is 12.2 Å². The molecule has 0 saturated carbocycles. The molecule has 1 aliphatic heterocycles. The monoisotopic (exact) mass is 751 g/mol. The van der Waals surface area contributed by atoms with Gasteiger partial charge in [0.15, 0.2) is 0 Å². The van der Waals surface area contributed by atoms with Gasteiger partial charge in [0, 0.05) is 36.7 Å².